The van der Waals surface area contributed by atoms with Gasteiger partial charge in [-0.25, -0.2) is 0 Å². The van der Waals surface area contributed by atoms with Gasteiger partial charge in [-0.2, -0.15) is 0 Å². The lowest BCUT2D eigenvalue weighted by Crippen LogP contribution is -2.51. The van der Waals surface area contributed by atoms with Crippen molar-refractivity contribution in [2.24, 2.45) is 0 Å². The number of likely N-dealkylation sites (N-methyl/N-ethyl adjacent to an activating group) is 2. The molecule has 1 aromatic rings. The number of piperidine rings is 1. The number of nitrogens with zero attached hydrogens (tertiary/aromatic N) is 2. The highest BCUT2D eigenvalue weighted by Crippen LogP contribution is 2.23. The zero-order valence-corrected chi connectivity index (χ0v) is 13.0. The molecule has 1 fully saturated rings. The van der Waals surface area contributed by atoms with Gasteiger partial charge in [0.1, 0.15) is 6.29 Å². The summed E-state index contributed by atoms with van der Waals surface area (Å²) in [5, 5.41) is 0. The molecule has 1 atom stereocenters. The number of hydrogen-bond acceptors (Lipinski definition) is 5. The van der Waals surface area contributed by atoms with Crippen LogP contribution in [-0.4, -0.2) is 48.0 Å². The van der Waals surface area contributed by atoms with E-state index in [1.54, 1.807) is 12.1 Å². The number of imide groups is 1. The molecule has 0 spiro atoms. The van der Waals surface area contributed by atoms with Crippen molar-refractivity contribution in [1.29, 1.82) is 0 Å². The summed E-state index contributed by atoms with van der Waals surface area (Å²) in [6.45, 7) is 0.437. The van der Waals surface area contributed by atoms with Gasteiger partial charge >= 0.3 is 0 Å². The van der Waals surface area contributed by atoms with Crippen LogP contribution in [0.15, 0.2) is 23.1 Å². The molecule has 0 aromatic heterocycles. The summed E-state index contributed by atoms with van der Waals surface area (Å²) in [7, 11) is 3.33. The summed E-state index contributed by atoms with van der Waals surface area (Å²) in [6, 6.07) is 4.97. The van der Waals surface area contributed by atoms with Crippen molar-refractivity contribution in [3.05, 3.63) is 29.3 Å². The van der Waals surface area contributed by atoms with Crippen LogP contribution < -0.4 is 0 Å². The van der Waals surface area contributed by atoms with E-state index >= 15 is 0 Å². The Morgan fingerprint density at radius 1 is 1.43 bits per heavy atom. The Balaban J connectivity index is 2.19. The van der Waals surface area contributed by atoms with E-state index in [9.17, 15) is 14.4 Å². The second kappa shape index (κ2) is 6.41. The van der Waals surface area contributed by atoms with E-state index in [1.165, 1.54) is 11.9 Å². The predicted molar refractivity (Wildman–Crippen MR) is 81.3 cm³/mol. The van der Waals surface area contributed by atoms with Gasteiger partial charge in [-0.05, 0) is 25.1 Å². The van der Waals surface area contributed by atoms with Crippen LogP contribution in [0.5, 0.6) is 0 Å². The Morgan fingerprint density at radius 2 is 2.14 bits per heavy atom. The molecule has 2 amide bonds. The first kappa shape index (κ1) is 15.7. The number of rotatable bonds is 4. The lowest BCUT2D eigenvalue weighted by atomic mass is 10.0. The first-order valence-electron chi connectivity index (χ1n) is 6.72. The summed E-state index contributed by atoms with van der Waals surface area (Å²) in [5.74, 6) is -0.342. The molecule has 21 heavy (non-hydrogen) atoms. The molecular formula is C15H18N2O3S. The molecule has 0 N–H and O–H groups in total. The van der Waals surface area contributed by atoms with Gasteiger partial charge in [0, 0.05) is 30.5 Å². The van der Waals surface area contributed by atoms with Gasteiger partial charge in [0.05, 0.1) is 6.04 Å². The van der Waals surface area contributed by atoms with Crippen LogP contribution in [0, 0.1) is 0 Å². The highest BCUT2D eigenvalue weighted by molar-refractivity contribution is 7.80. The molecule has 0 radical (unpaired) electrons. The van der Waals surface area contributed by atoms with Crippen LogP contribution >= 0.6 is 12.6 Å². The molecule has 6 heteroatoms. The molecule has 1 unspecified atom stereocenters. The van der Waals surface area contributed by atoms with E-state index in [2.05, 4.69) is 12.6 Å². The number of aldehydes is 1. The predicted octanol–water partition coefficient (Wildman–Crippen LogP) is 1.37. The Kier molecular flexibility index (Phi) is 4.80. The van der Waals surface area contributed by atoms with Crippen molar-refractivity contribution < 1.29 is 14.4 Å². The molecule has 5 nitrogen and oxygen atoms in total. The standard InChI is InChI=1S/C15H18N2O3S/c1-16(12-6-7-14(19)17(2)15(12)20)8-11-10(9-18)4-3-5-13(11)21/h3-5,9,12,21H,6-8H2,1-2H3. The zero-order chi connectivity index (χ0) is 15.6. The first-order chi connectivity index (χ1) is 9.95. The van der Waals surface area contributed by atoms with Gasteiger partial charge in [-0.3, -0.25) is 24.2 Å². The maximum atomic E-state index is 12.2. The van der Waals surface area contributed by atoms with Crippen molar-refractivity contribution in [2.45, 2.75) is 30.3 Å². The number of carbonyl (C=O) groups is 3. The van der Waals surface area contributed by atoms with E-state index < -0.39 is 0 Å². The Hall–Kier alpha value is -1.66. The molecule has 0 aliphatic carbocycles. The third-order valence-corrected chi connectivity index (χ3v) is 4.29. The maximum absolute atomic E-state index is 12.2. The minimum absolute atomic E-state index is 0.146. The number of hydrogen-bond donors (Lipinski definition) is 1. The number of thiol groups is 1. The van der Waals surface area contributed by atoms with Crippen molar-refractivity contribution in [3.63, 3.8) is 0 Å². The minimum Gasteiger partial charge on any atom is -0.298 e. The Bertz CT molecular complexity index is 588. The van der Waals surface area contributed by atoms with Crippen LogP contribution in [-0.2, 0) is 16.1 Å². The lowest BCUT2D eigenvalue weighted by Gasteiger charge is -2.34. The normalized spacial score (nSPS) is 19.2. The van der Waals surface area contributed by atoms with Gasteiger partial charge < -0.3 is 0 Å². The number of benzene rings is 1. The molecule has 1 heterocycles. The molecule has 1 aliphatic heterocycles. The molecule has 112 valence electrons. The molecular weight excluding hydrogens is 288 g/mol. The lowest BCUT2D eigenvalue weighted by molar-refractivity contribution is -0.150. The first-order valence-corrected chi connectivity index (χ1v) is 7.17. The third-order valence-electron chi connectivity index (χ3n) is 3.88. The second-order valence-electron chi connectivity index (χ2n) is 5.22. The molecule has 0 bridgehead atoms. The van der Waals surface area contributed by atoms with E-state index in [0.717, 1.165) is 16.7 Å². The van der Waals surface area contributed by atoms with Crippen molar-refractivity contribution >= 4 is 30.7 Å². The average molecular weight is 306 g/mol. The fourth-order valence-corrected chi connectivity index (χ4v) is 2.83. The van der Waals surface area contributed by atoms with Crippen molar-refractivity contribution in [2.75, 3.05) is 14.1 Å². The second-order valence-corrected chi connectivity index (χ2v) is 5.71. The van der Waals surface area contributed by atoms with Crippen LogP contribution in [0.2, 0.25) is 0 Å². The van der Waals surface area contributed by atoms with Crippen molar-refractivity contribution in [3.8, 4) is 0 Å². The number of amides is 2. The number of likely N-dealkylation sites (tertiary alicyclic amines) is 1. The highest BCUT2D eigenvalue weighted by atomic mass is 32.1. The quantitative estimate of drug-likeness (QED) is 0.518. The molecule has 0 saturated carbocycles. The van der Waals surface area contributed by atoms with Crippen LogP contribution in [0.4, 0.5) is 0 Å². The van der Waals surface area contributed by atoms with Crippen LogP contribution in [0.1, 0.15) is 28.8 Å². The van der Waals surface area contributed by atoms with Gasteiger partial charge in [0.25, 0.3) is 0 Å². The summed E-state index contributed by atoms with van der Waals surface area (Å²) < 4.78 is 0. The Morgan fingerprint density at radius 3 is 2.81 bits per heavy atom. The Labute approximate surface area is 129 Å². The van der Waals surface area contributed by atoms with Gasteiger partial charge in [0.15, 0.2) is 0 Å². The summed E-state index contributed by atoms with van der Waals surface area (Å²) >= 11 is 4.38. The maximum Gasteiger partial charge on any atom is 0.246 e. The summed E-state index contributed by atoms with van der Waals surface area (Å²) in [6.07, 6.45) is 1.66. The molecule has 1 aromatic carbocycles. The number of carbonyl (C=O) groups excluding carboxylic acids is 3. The smallest absolute Gasteiger partial charge is 0.246 e. The van der Waals surface area contributed by atoms with Crippen molar-refractivity contribution in [1.82, 2.24) is 9.80 Å². The summed E-state index contributed by atoms with van der Waals surface area (Å²) in [5.41, 5.74) is 1.37. The van der Waals surface area contributed by atoms with E-state index in [-0.39, 0.29) is 17.9 Å². The van der Waals surface area contributed by atoms with E-state index in [4.69, 9.17) is 0 Å². The van der Waals surface area contributed by atoms with E-state index in [0.29, 0.717) is 24.9 Å². The zero-order valence-electron chi connectivity index (χ0n) is 12.1. The minimum atomic E-state index is -0.347. The van der Waals surface area contributed by atoms with Gasteiger partial charge in [-0.15, -0.1) is 12.6 Å². The molecule has 1 saturated heterocycles. The molecule has 2 rings (SSSR count). The largest absolute Gasteiger partial charge is 0.298 e. The van der Waals surface area contributed by atoms with Crippen LogP contribution in [0.3, 0.4) is 0 Å². The van der Waals surface area contributed by atoms with Gasteiger partial charge in [-0.1, -0.05) is 12.1 Å². The average Bonchev–Trinajstić information content (AvgIpc) is 2.46. The topological polar surface area (TPSA) is 57.7 Å². The monoisotopic (exact) mass is 306 g/mol. The van der Waals surface area contributed by atoms with Gasteiger partial charge in [0.2, 0.25) is 11.8 Å². The fourth-order valence-electron chi connectivity index (χ4n) is 2.54. The van der Waals surface area contributed by atoms with Crippen LogP contribution in [0.25, 0.3) is 0 Å². The third kappa shape index (κ3) is 3.16. The fraction of sp³-hybridized carbons (Fsp3) is 0.400. The van der Waals surface area contributed by atoms with E-state index in [1.807, 2.05) is 18.0 Å². The highest BCUT2D eigenvalue weighted by Gasteiger charge is 2.34. The summed E-state index contributed by atoms with van der Waals surface area (Å²) in [4.78, 5) is 38.6. The SMILES string of the molecule is CN1C(=O)CCC(N(C)Cc2c(S)cccc2C=O)C1=O. The molecule has 1 aliphatic rings.